The molecular weight excluding hydrogens is 366 g/mol. The van der Waals surface area contributed by atoms with Gasteiger partial charge in [-0.15, -0.1) is 0 Å². The number of piperidine rings is 1. The number of hydrogen-bond acceptors (Lipinski definition) is 4. The Kier molecular flexibility index (Phi) is 5.51. The number of anilines is 1. The van der Waals surface area contributed by atoms with E-state index in [1.807, 2.05) is 43.3 Å². The number of aromatic nitrogens is 1. The van der Waals surface area contributed by atoms with Crippen LogP contribution in [0.1, 0.15) is 38.2 Å². The average molecular weight is 393 g/mol. The zero-order valence-electron chi connectivity index (χ0n) is 17.1. The van der Waals surface area contributed by atoms with Gasteiger partial charge in [-0.3, -0.25) is 14.6 Å². The fourth-order valence-electron chi connectivity index (χ4n) is 4.12. The second kappa shape index (κ2) is 8.23. The van der Waals surface area contributed by atoms with Crippen molar-refractivity contribution < 1.29 is 14.3 Å². The molecule has 0 bridgehead atoms. The Morgan fingerprint density at radius 1 is 1.14 bits per heavy atom. The highest BCUT2D eigenvalue weighted by molar-refractivity contribution is 5.96. The average Bonchev–Trinajstić information content (AvgIpc) is 2.76. The lowest BCUT2D eigenvalue weighted by molar-refractivity contribution is -0.132. The standard InChI is InChI=1S/C23H27N3O3/c1-3-22(27)26-10-8-19(9-11-26)29-20-13-18(14-24-15-20)16-4-6-21-17(12-16)5-7-23(28)25(21)2/h4,6,12-15,19H,3,5,7-11H2,1-2H3. The SMILES string of the molecule is CCC(=O)N1CCC(Oc2cncc(-c3ccc4c(c3)CCC(=O)N4C)c2)CC1. The van der Waals surface area contributed by atoms with E-state index in [0.717, 1.165) is 54.9 Å². The number of fused-ring (bicyclic) bond motifs is 1. The summed E-state index contributed by atoms with van der Waals surface area (Å²) in [6.07, 6.45) is 7.26. The predicted octanol–water partition coefficient (Wildman–Crippen LogP) is 3.44. The van der Waals surface area contributed by atoms with Gasteiger partial charge in [-0.1, -0.05) is 13.0 Å². The smallest absolute Gasteiger partial charge is 0.227 e. The third-order valence-electron chi connectivity index (χ3n) is 5.87. The minimum Gasteiger partial charge on any atom is -0.489 e. The maximum absolute atomic E-state index is 11.9. The zero-order valence-corrected chi connectivity index (χ0v) is 17.1. The van der Waals surface area contributed by atoms with Crippen LogP contribution in [-0.4, -0.2) is 47.9 Å². The molecule has 1 aromatic heterocycles. The normalized spacial score (nSPS) is 17.2. The highest BCUT2D eigenvalue weighted by Crippen LogP contribution is 2.32. The van der Waals surface area contributed by atoms with Gasteiger partial charge in [0, 0.05) is 63.3 Å². The van der Waals surface area contributed by atoms with E-state index < -0.39 is 0 Å². The van der Waals surface area contributed by atoms with Crippen molar-refractivity contribution in [3.05, 3.63) is 42.2 Å². The molecule has 6 nitrogen and oxygen atoms in total. The molecule has 0 spiro atoms. The Balaban J connectivity index is 1.46. The molecule has 1 saturated heterocycles. The predicted molar refractivity (Wildman–Crippen MR) is 112 cm³/mol. The van der Waals surface area contributed by atoms with Gasteiger partial charge in [0.15, 0.2) is 0 Å². The molecule has 6 heteroatoms. The summed E-state index contributed by atoms with van der Waals surface area (Å²) in [7, 11) is 1.83. The van der Waals surface area contributed by atoms with E-state index in [2.05, 4.69) is 11.1 Å². The molecule has 152 valence electrons. The Morgan fingerprint density at radius 3 is 2.69 bits per heavy atom. The van der Waals surface area contributed by atoms with Gasteiger partial charge in [-0.25, -0.2) is 0 Å². The van der Waals surface area contributed by atoms with Crippen LogP contribution in [0.2, 0.25) is 0 Å². The number of ether oxygens (including phenoxy) is 1. The molecule has 2 amide bonds. The van der Waals surface area contributed by atoms with E-state index in [-0.39, 0.29) is 17.9 Å². The Hall–Kier alpha value is -2.89. The Bertz CT molecular complexity index is 919. The van der Waals surface area contributed by atoms with Crippen LogP contribution >= 0.6 is 0 Å². The van der Waals surface area contributed by atoms with Crippen LogP contribution in [0.4, 0.5) is 5.69 Å². The lowest BCUT2D eigenvalue weighted by atomic mass is 9.97. The number of aryl methyl sites for hydroxylation is 1. The molecule has 0 aliphatic carbocycles. The number of amides is 2. The molecule has 1 fully saturated rings. The van der Waals surface area contributed by atoms with E-state index in [9.17, 15) is 9.59 Å². The van der Waals surface area contributed by atoms with E-state index in [0.29, 0.717) is 12.8 Å². The van der Waals surface area contributed by atoms with Crippen LogP contribution in [0.3, 0.4) is 0 Å². The Labute approximate surface area is 171 Å². The summed E-state index contributed by atoms with van der Waals surface area (Å²) in [6.45, 7) is 3.40. The molecule has 0 radical (unpaired) electrons. The lowest BCUT2D eigenvalue weighted by Crippen LogP contribution is -2.41. The summed E-state index contributed by atoms with van der Waals surface area (Å²) in [5.74, 6) is 1.13. The lowest BCUT2D eigenvalue weighted by Gasteiger charge is -2.32. The fraction of sp³-hybridized carbons (Fsp3) is 0.435. The number of nitrogens with zero attached hydrogens (tertiary/aromatic N) is 3. The fourth-order valence-corrected chi connectivity index (χ4v) is 4.12. The minimum atomic E-state index is 0.108. The molecule has 4 rings (SSSR count). The number of hydrogen-bond donors (Lipinski definition) is 0. The summed E-state index contributed by atoms with van der Waals surface area (Å²) < 4.78 is 6.17. The maximum Gasteiger partial charge on any atom is 0.227 e. The summed E-state index contributed by atoms with van der Waals surface area (Å²) in [6, 6.07) is 8.21. The number of benzene rings is 1. The minimum absolute atomic E-state index is 0.108. The first kappa shape index (κ1) is 19.4. The molecule has 0 unspecified atom stereocenters. The van der Waals surface area contributed by atoms with Gasteiger partial charge in [-0.2, -0.15) is 0 Å². The number of pyridine rings is 1. The van der Waals surface area contributed by atoms with Gasteiger partial charge >= 0.3 is 0 Å². The summed E-state index contributed by atoms with van der Waals surface area (Å²) in [5, 5.41) is 0. The maximum atomic E-state index is 11.9. The molecule has 0 N–H and O–H groups in total. The first-order chi connectivity index (χ1) is 14.0. The number of rotatable bonds is 4. The molecule has 29 heavy (non-hydrogen) atoms. The van der Waals surface area contributed by atoms with Crippen molar-refractivity contribution in [2.24, 2.45) is 0 Å². The van der Waals surface area contributed by atoms with Crippen molar-refractivity contribution in [3.63, 3.8) is 0 Å². The van der Waals surface area contributed by atoms with Crippen LogP contribution in [0.5, 0.6) is 5.75 Å². The van der Waals surface area contributed by atoms with Crippen LogP contribution in [0.15, 0.2) is 36.7 Å². The molecule has 2 aliphatic rings. The van der Waals surface area contributed by atoms with Gasteiger partial charge in [0.25, 0.3) is 0 Å². The highest BCUT2D eigenvalue weighted by atomic mass is 16.5. The van der Waals surface area contributed by atoms with E-state index >= 15 is 0 Å². The van der Waals surface area contributed by atoms with E-state index in [4.69, 9.17) is 4.74 Å². The van der Waals surface area contributed by atoms with Crippen LogP contribution in [0.25, 0.3) is 11.1 Å². The third-order valence-corrected chi connectivity index (χ3v) is 5.87. The van der Waals surface area contributed by atoms with E-state index in [1.165, 1.54) is 5.56 Å². The second-order valence-electron chi connectivity index (χ2n) is 7.76. The highest BCUT2D eigenvalue weighted by Gasteiger charge is 2.24. The first-order valence-corrected chi connectivity index (χ1v) is 10.3. The summed E-state index contributed by atoms with van der Waals surface area (Å²) in [4.78, 5) is 31.7. The number of carbonyl (C=O) groups excluding carboxylic acids is 2. The number of likely N-dealkylation sites (tertiary alicyclic amines) is 1. The monoisotopic (exact) mass is 393 g/mol. The molecule has 3 heterocycles. The third kappa shape index (κ3) is 4.11. The molecule has 0 saturated carbocycles. The molecule has 1 aromatic carbocycles. The van der Waals surface area contributed by atoms with Crippen LogP contribution in [0, 0.1) is 0 Å². The van der Waals surface area contributed by atoms with Gasteiger partial charge in [0.2, 0.25) is 11.8 Å². The summed E-state index contributed by atoms with van der Waals surface area (Å²) >= 11 is 0. The second-order valence-corrected chi connectivity index (χ2v) is 7.76. The zero-order chi connectivity index (χ0) is 20.4. The van der Waals surface area contributed by atoms with Crippen molar-refractivity contribution in [1.29, 1.82) is 0 Å². The van der Waals surface area contributed by atoms with Gasteiger partial charge in [-0.05, 0) is 35.7 Å². The van der Waals surface area contributed by atoms with Crippen molar-refractivity contribution >= 4 is 17.5 Å². The van der Waals surface area contributed by atoms with Gasteiger partial charge < -0.3 is 14.5 Å². The van der Waals surface area contributed by atoms with Crippen LogP contribution in [-0.2, 0) is 16.0 Å². The molecule has 2 aliphatic heterocycles. The van der Waals surface area contributed by atoms with Crippen molar-refractivity contribution in [2.45, 2.75) is 45.1 Å². The van der Waals surface area contributed by atoms with Gasteiger partial charge in [0.1, 0.15) is 11.9 Å². The first-order valence-electron chi connectivity index (χ1n) is 10.3. The van der Waals surface area contributed by atoms with Crippen molar-refractivity contribution in [3.8, 4) is 16.9 Å². The van der Waals surface area contributed by atoms with Crippen LogP contribution < -0.4 is 9.64 Å². The Morgan fingerprint density at radius 2 is 1.93 bits per heavy atom. The molecule has 0 atom stereocenters. The van der Waals surface area contributed by atoms with Gasteiger partial charge in [0.05, 0.1) is 6.20 Å². The summed E-state index contributed by atoms with van der Waals surface area (Å²) in [5.41, 5.74) is 4.25. The number of carbonyl (C=O) groups is 2. The van der Waals surface area contributed by atoms with Crippen molar-refractivity contribution in [2.75, 3.05) is 25.0 Å². The molecule has 2 aromatic rings. The quantitative estimate of drug-likeness (QED) is 0.798. The topological polar surface area (TPSA) is 62.7 Å². The van der Waals surface area contributed by atoms with Crippen molar-refractivity contribution in [1.82, 2.24) is 9.88 Å². The largest absolute Gasteiger partial charge is 0.489 e. The molecular formula is C23H27N3O3. The van der Waals surface area contributed by atoms with E-state index in [1.54, 1.807) is 11.1 Å².